The van der Waals surface area contributed by atoms with Crippen LogP contribution in [0.2, 0.25) is 0 Å². The van der Waals surface area contributed by atoms with Crippen LogP contribution in [-0.4, -0.2) is 27.5 Å². The molecule has 0 aliphatic heterocycles. The Morgan fingerprint density at radius 2 is 1.79 bits per heavy atom. The van der Waals surface area contributed by atoms with Gasteiger partial charge in [0, 0.05) is 17.1 Å². The van der Waals surface area contributed by atoms with Crippen LogP contribution in [-0.2, 0) is 11.0 Å². The second-order valence-electron chi connectivity index (χ2n) is 7.73. The Hall–Kier alpha value is -2.07. The lowest BCUT2D eigenvalue weighted by atomic mass is 9.94. The minimum Gasteiger partial charge on any atom is -0.493 e. The molecule has 2 aromatic carbocycles. The summed E-state index contributed by atoms with van der Waals surface area (Å²) in [4.78, 5) is 21.3. The number of nitrogens with one attached hydrogen (secondary N) is 1. The van der Waals surface area contributed by atoms with Crippen LogP contribution in [0.5, 0.6) is 5.75 Å². The normalized spacial score (nSPS) is 12.1. The first-order valence-electron chi connectivity index (χ1n) is 9.51. The lowest BCUT2D eigenvalue weighted by Gasteiger charge is -2.14. The van der Waals surface area contributed by atoms with Gasteiger partial charge < -0.3 is 19.5 Å². The number of aromatic amines is 1. The monoisotopic (exact) mass is 401 g/mol. The third-order valence-electron chi connectivity index (χ3n) is 5.10. The van der Waals surface area contributed by atoms with Crippen molar-refractivity contribution in [2.24, 2.45) is 0 Å². The maximum absolute atomic E-state index is 11.0. The Labute approximate surface area is 165 Å². The maximum atomic E-state index is 11.0. The van der Waals surface area contributed by atoms with Gasteiger partial charge in [-0.1, -0.05) is 19.9 Å². The first-order valence-corrected chi connectivity index (χ1v) is 11.3. The number of hydrogen-bond acceptors (Lipinski definition) is 2. The molecule has 0 aliphatic rings. The SMILES string of the molecule is Cc1cc(OCCP(=O)(O)O)cc(C)c1Cc1ccc2[nH]cc(C(C)C)c2c1. The molecule has 0 aliphatic carbocycles. The highest BCUT2D eigenvalue weighted by Crippen LogP contribution is 2.34. The average molecular weight is 401 g/mol. The van der Waals surface area contributed by atoms with Crippen molar-refractivity contribution < 1.29 is 19.1 Å². The van der Waals surface area contributed by atoms with Crippen molar-refractivity contribution in [2.75, 3.05) is 12.8 Å². The van der Waals surface area contributed by atoms with Crippen LogP contribution in [0.4, 0.5) is 0 Å². The average Bonchev–Trinajstić information content (AvgIpc) is 3.00. The number of H-pyrrole nitrogens is 1. The van der Waals surface area contributed by atoms with E-state index in [9.17, 15) is 4.57 Å². The zero-order chi connectivity index (χ0) is 20.5. The predicted molar refractivity (Wildman–Crippen MR) is 114 cm³/mol. The van der Waals surface area contributed by atoms with Gasteiger partial charge in [0.05, 0.1) is 12.8 Å². The molecule has 0 bridgehead atoms. The quantitative estimate of drug-likeness (QED) is 0.484. The van der Waals surface area contributed by atoms with Crippen LogP contribution >= 0.6 is 7.60 Å². The molecular weight excluding hydrogens is 373 g/mol. The number of aryl methyl sites for hydroxylation is 2. The summed E-state index contributed by atoms with van der Waals surface area (Å²) in [6.45, 7) is 8.51. The molecule has 28 heavy (non-hydrogen) atoms. The fraction of sp³-hybridized carbons (Fsp3) is 0.364. The standard InChI is InChI=1S/C22H28NO4P/c1-14(2)21-13-23-22-6-5-17(12-20(21)22)11-19-15(3)9-18(10-16(19)4)27-7-8-28(24,25)26/h5-6,9-10,12-14,23H,7-8,11H2,1-4H3,(H2,24,25,26). The van der Waals surface area contributed by atoms with Gasteiger partial charge in [0.25, 0.3) is 0 Å². The summed E-state index contributed by atoms with van der Waals surface area (Å²) in [5, 5.41) is 1.28. The number of fused-ring (bicyclic) bond motifs is 1. The summed E-state index contributed by atoms with van der Waals surface area (Å²) in [6, 6.07) is 10.4. The zero-order valence-electron chi connectivity index (χ0n) is 16.8. The molecule has 0 atom stereocenters. The van der Waals surface area contributed by atoms with Crippen LogP contribution in [0.3, 0.4) is 0 Å². The van der Waals surface area contributed by atoms with E-state index in [0.717, 1.165) is 23.1 Å². The van der Waals surface area contributed by atoms with E-state index in [4.69, 9.17) is 14.5 Å². The van der Waals surface area contributed by atoms with Gasteiger partial charge in [-0.2, -0.15) is 0 Å². The maximum Gasteiger partial charge on any atom is 0.328 e. The van der Waals surface area contributed by atoms with Crippen molar-refractivity contribution in [2.45, 2.75) is 40.0 Å². The molecule has 0 amide bonds. The van der Waals surface area contributed by atoms with Crippen molar-refractivity contribution in [3.05, 3.63) is 64.3 Å². The van der Waals surface area contributed by atoms with E-state index >= 15 is 0 Å². The summed E-state index contributed by atoms with van der Waals surface area (Å²) in [7, 11) is -4.04. The van der Waals surface area contributed by atoms with Crippen molar-refractivity contribution >= 4 is 18.5 Å². The van der Waals surface area contributed by atoms with Crippen LogP contribution in [0, 0.1) is 13.8 Å². The summed E-state index contributed by atoms with van der Waals surface area (Å²) in [5.74, 6) is 1.12. The molecule has 0 unspecified atom stereocenters. The number of hydrogen-bond donors (Lipinski definition) is 3. The fourth-order valence-corrected chi connectivity index (χ4v) is 3.91. The van der Waals surface area contributed by atoms with Crippen LogP contribution in [0.25, 0.3) is 10.9 Å². The Morgan fingerprint density at radius 1 is 1.11 bits per heavy atom. The number of benzene rings is 2. The van der Waals surface area contributed by atoms with Gasteiger partial charge in [0.1, 0.15) is 5.75 Å². The van der Waals surface area contributed by atoms with Gasteiger partial charge in [0.15, 0.2) is 0 Å². The Kier molecular flexibility index (Phi) is 5.99. The van der Waals surface area contributed by atoms with E-state index in [0.29, 0.717) is 11.7 Å². The second kappa shape index (κ2) is 8.12. The lowest BCUT2D eigenvalue weighted by Crippen LogP contribution is -2.05. The molecule has 6 heteroatoms. The number of aromatic nitrogens is 1. The Morgan fingerprint density at radius 3 is 2.39 bits per heavy atom. The molecule has 0 spiro atoms. The summed E-state index contributed by atoms with van der Waals surface area (Å²) < 4.78 is 16.5. The third-order valence-corrected chi connectivity index (χ3v) is 5.87. The molecule has 1 aromatic heterocycles. The van der Waals surface area contributed by atoms with Gasteiger partial charge in [-0.3, -0.25) is 4.57 Å². The van der Waals surface area contributed by atoms with Gasteiger partial charge in [-0.25, -0.2) is 0 Å². The predicted octanol–water partition coefficient (Wildman–Crippen LogP) is 5.06. The largest absolute Gasteiger partial charge is 0.493 e. The zero-order valence-corrected chi connectivity index (χ0v) is 17.7. The molecular formula is C22H28NO4P. The number of ether oxygens (including phenoxy) is 1. The second-order valence-corrected chi connectivity index (χ2v) is 9.50. The van der Waals surface area contributed by atoms with Crippen molar-refractivity contribution in [3.8, 4) is 5.75 Å². The third kappa shape index (κ3) is 4.85. The van der Waals surface area contributed by atoms with Crippen molar-refractivity contribution in [1.29, 1.82) is 0 Å². The van der Waals surface area contributed by atoms with Crippen molar-refractivity contribution in [3.63, 3.8) is 0 Å². The van der Waals surface area contributed by atoms with Crippen LogP contribution in [0.15, 0.2) is 36.5 Å². The van der Waals surface area contributed by atoms with E-state index in [1.807, 2.05) is 26.0 Å². The molecule has 3 aromatic rings. The van der Waals surface area contributed by atoms with Gasteiger partial charge in [-0.05, 0) is 78.3 Å². The highest BCUT2D eigenvalue weighted by atomic mass is 31.2. The first-order chi connectivity index (χ1) is 13.1. The van der Waals surface area contributed by atoms with Gasteiger partial charge in [-0.15, -0.1) is 0 Å². The molecule has 0 saturated carbocycles. The molecule has 0 fully saturated rings. The van der Waals surface area contributed by atoms with Crippen LogP contribution < -0.4 is 4.74 Å². The van der Waals surface area contributed by atoms with Gasteiger partial charge >= 0.3 is 7.60 Å². The fourth-order valence-electron chi connectivity index (χ4n) is 3.58. The molecule has 150 valence electrons. The minimum atomic E-state index is -4.04. The molecule has 5 nitrogen and oxygen atoms in total. The highest BCUT2D eigenvalue weighted by Gasteiger charge is 2.14. The Balaban J connectivity index is 1.81. The molecule has 0 saturated heterocycles. The minimum absolute atomic E-state index is 0.00460. The smallest absolute Gasteiger partial charge is 0.328 e. The van der Waals surface area contributed by atoms with Crippen LogP contribution in [0.1, 0.15) is 47.6 Å². The summed E-state index contributed by atoms with van der Waals surface area (Å²) >= 11 is 0. The summed E-state index contributed by atoms with van der Waals surface area (Å²) in [5.41, 5.74) is 7.24. The first kappa shape index (κ1) is 20.7. The molecule has 0 radical (unpaired) electrons. The van der Waals surface area contributed by atoms with Crippen molar-refractivity contribution in [1.82, 2.24) is 4.98 Å². The molecule has 1 heterocycles. The number of rotatable bonds is 7. The van der Waals surface area contributed by atoms with E-state index in [-0.39, 0.29) is 12.8 Å². The topological polar surface area (TPSA) is 82.6 Å². The van der Waals surface area contributed by atoms with E-state index in [1.165, 1.54) is 22.1 Å². The van der Waals surface area contributed by atoms with E-state index in [2.05, 4.69) is 43.2 Å². The van der Waals surface area contributed by atoms with Gasteiger partial charge in [0.2, 0.25) is 0 Å². The van der Waals surface area contributed by atoms with E-state index in [1.54, 1.807) is 0 Å². The van der Waals surface area contributed by atoms with E-state index < -0.39 is 7.60 Å². The summed E-state index contributed by atoms with van der Waals surface area (Å²) in [6.07, 6.45) is 2.65. The molecule has 3 rings (SSSR count). The lowest BCUT2D eigenvalue weighted by molar-refractivity contribution is 0.315. The molecule has 3 N–H and O–H groups in total. The highest BCUT2D eigenvalue weighted by molar-refractivity contribution is 7.51. The Bertz CT molecular complexity index is 1010.